The van der Waals surface area contributed by atoms with Crippen LogP contribution in [0.1, 0.15) is 37.3 Å². The number of amides is 3. The van der Waals surface area contributed by atoms with Gasteiger partial charge >= 0.3 is 12.1 Å². The van der Waals surface area contributed by atoms with Crippen LogP contribution in [0, 0.1) is 5.92 Å². The second-order valence-corrected chi connectivity index (χ2v) is 10.5. The highest BCUT2D eigenvalue weighted by atomic mass is 16.6. The number of carbonyl (C=O) groups is 4. The van der Waals surface area contributed by atoms with E-state index in [1.807, 2.05) is 50.2 Å². The van der Waals surface area contributed by atoms with Crippen molar-refractivity contribution in [1.82, 2.24) is 14.7 Å². The molecule has 0 saturated heterocycles. The van der Waals surface area contributed by atoms with Crippen LogP contribution in [0.2, 0.25) is 0 Å². The Hall–Kier alpha value is -4.14. The fourth-order valence-electron chi connectivity index (χ4n) is 5.13. The van der Waals surface area contributed by atoms with Crippen molar-refractivity contribution in [3.05, 3.63) is 72.3 Å². The SMILES string of the molecule is C=CCOC(=O)C[C@H](C(=O)N(C)C)N(C)C(=O)[C@H](C(C)C)N(C)C(=O)OCC1c2ccccc2-c2ccccc21. The second kappa shape index (κ2) is 13.3. The monoisotopic (exact) mass is 549 g/mol. The molecule has 9 nitrogen and oxygen atoms in total. The lowest BCUT2D eigenvalue weighted by Gasteiger charge is -2.36. The summed E-state index contributed by atoms with van der Waals surface area (Å²) in [7, 11) is 6.06. The van der Waals surface area contributed by atoms with Crippen LogP contribution < -0.4 is 0 Å². The van der Waals surface area contributed by atoms with E-state index in [2.05, 4.69) is 18.7 Å². The zero-order valence-corrected chi connectivity index (χ0v) is 24.1. The lowest BCUT2D eigenvalue weighted by molar-refractivity contribution is -0.152. The van der Waals surface area contributed by atoms with Crippen LogP contribution in [0.25, 0.3) is 11.1 Å². The third-order valence-electron chi connectivity index (χ3n) is 7.19. The van der Waals surface area contributed by atoms with Gasteiger partial charge in [-0.2, -0.15) is 0 Å². The zero-order chi connectivity index (χ0) is 29.6. The molecule has 214 valence electrons. The molecule has 2 aromatic rings. The third kappa shape index (κ3) is 6.52. The van der Waals surface area contributed by atoms with Gasteiger partial charge in [-0.15, -0.1) is 0 Å². The topological polar surface area (TPSA) is 96.5 Å². The average Bonchev–Trinajstić information content (AvgIpc) is 3.26. The van der Waals surface area contributed by atoms with Gasteiger partial charge in [-0.1, -0.05) is 75.0 Å². The number of hydrogen-bond acceptors (Lipinski definition) is 6. The van der Waals surface area contributed by atoms with E-state index in [-0.39, 0.29) is 31.5 Å². The predicted molar refractivity (Wildman–Crippen MR) is 152 cm³/mol. The van der Waals surface area contributed by atoms with Crippen LogP contribution in [-0.4, -0.2) is 92.1 Å². The zero-order valence-electron chi connectivity index (χ0n) is 24.1. The van der Waals surface area contributed by atoms with E-state index in [0.717, 1.165) is 22.3 Å². The standard InChI is InChI=1S/C31H39N3O6/c1-8-17-39-27(35)18-26(29(36)32(4)5)33(6)30(37)28(20(2)3)34(7)31(38)40-19-25-23-15-11-9-13-21(23)22-14-10-12-16-24(22)25/h8-16,20,25-26,28H,1,17-19H2,2-7H3/t26-,28+/m1/s1. The number of likely N-dealkylation sites (N-methyl/N-ethyl adjacent to an activating group) is 3. The van der Waals surface area contributed by atoms with Crippen molar-refractivity contribution >= 4 is 23.9 Å². The minimum Gasteiger partial charge on any atom is -0.461 e. The highest BCUT2D eigenvalue weighted by Crippen LogP contribution is 2.44. The average molecular weight is 550 g/mol. The number of esters is 1. The summed E-state index contributed by atoms with van der Waals surface area (Å²) in [6.45, 7) is 7.25. The van der Waals surface area contributed by atoms with Crippen molar-refractivity contribution in [3.63, 3.8) is 0 Å². The molecule has 40 heavy (non-hydrogen) atoms. The van der Waals surface area contributed by atoms with Gasteiger partial charge in [0.1, 0.15) is 25.3 Å². The first-order valence-electron chi connectivity index (χ1n) is 13.3. The molecule has 2 atom stereocenters. The summed E-state index contributed by atoms with van der Waals surface area (Å²) in [5.41, 5.74) is 4.41. The predicted octanol–water partition coefficient (Wildman–Crippen LogP) is 3.93. The maximum atomic E-state index is 13.7. The van der Waals surface area contributed by atoms with Gasteiger partial charge in [-0.3, -0.25) is 19.3 Å². The summed E-state index contributed by atoms with van der Waals surface area (Å²) in [4.78, 5) is 56.1. The van der Waals surface area contributed by atoms with Crippen molar-refractivity contribution in [2.75, 3.05) is 41.4 Å². The summed E-state index contributed by atoms with van der Waals surface area (Å²) in [6.07, 6.45) is 0.448. The molecule has 0 radical (unpaired) electrons. The fourth-order valence-corrected chi connectivity index (χ4v) is 5.13. The van der Waals surface area contributed by atoms with Gasteiger partial charge < -0.3 is 19.3 Å². The Morgan fingerprint density at radius 1 is 0.850 bits per heavy atom. The van der Waals surface area contributed by atoms with Gasteiger partial charge in [-0.05, 0) is 28.2 Å². The molecule has 0 bridgehead atoms. The van der Waals surface area contributed by atoms with E-state index >= 15 is 0 Å². The molecule has 1 aliphatic carbocycles. The number of ether oxygens (including phenoxy) is 2. The number of rotatable bonds is 11. The number of carbonyl (C=O) groups excluding carboxylic acids is 4. The normalized spacial score (nSPS) is 13.5. The molecule has 9 heteroatoms. The Kier molecular flexibility index (Phi) is 10.1. The molecule has 2 aromatic carbocycles. The third-order valence-corrected chi connectivity index (χ3v) is 7.19. The molecular formula is C31H39N3O6. The Morgan fingerprint density at radius 2 is 1.40 bits per heavy atom. The van der Waals surface area contributed by atoms with Crippen molar-refractivity contribution in [2.24, 2.45) is 5.92 Å². The number of fused-ring (bicyclic) bond motifs is 3. The van der Waals surface area contributed by atoms with E-state index in [0.29, 0.717) is 0 Å². The minimum atomic E-state index is -1.10. The molecule has 0 saturated carbocycles. The summed E-state index contributed by atoms with van der Waals surface area (Å²) in [5.74, 6) is -1.97. The second-order valence-electron chi connectivity index (χ2n) is 10.5. The van der Waals surface area contributed by atoms with Gasteiger partial charge in [0.2, 0.25) is 11.8 Å². The van der Waals surface area contributed by atoms with E-state index in [1.165, 1.54) is 34.9 Å². The number of hydrogen-bond donors (Lipinski definition) is 0. The van der Waals surface area contributed by atoms with Gasteiger partial charge in [0.15, 0.2) is 0 Å². The van der Waals surface area contributed by atoms with E-state index < -0.39 is 36.0 Å². The van der Waals surface area contributed by atoms with E-state index in [9.17, 15) is 19.2 Å². The Labute approximate surface area is 236 Å². The van der Waals surface area contributed by atoms with E-state index in [4.69, 9.17) is 9.47 Å². The smallest absolute Gasteiger partial charge is 0.410 e. The minimum absolute atomic E-state index is 0.00148. The fraction of sp³-hybridized carbons (Fsp3) is 0.419. The molecule has 0 spiro atoms. The largest absolute Gasteiger partial charge is 0.461 e. The van der Waals surface area contributed by atoms with Gasteiger partial charge in [0, 0.05) is 34.1 Å². The molecule has 0 N–H and O–H groups in total. The van der Waals surface area contributed by atoms with Crippen molar-refractivity contribution in [3.8, 4) is 11.1 Å². The Bertz CT molecular complexity index is 1210. The van der Waals surface area contributed by atoms with Crippen molar-refractivity contribution in [2.45, 2.75) is 38.3 Å². The molecule has 0 heterocycles. The summed E-state index contributed by atoms with van der Waals surface area (Å²) in [5, 5.41) is 0. The van der Waals surface area contributed by atoms with Crippen LogP contribution in [0.3, 0.4) is 0 Å². The molecule has 3 rings (SSSR count). The molecule has 3 amide bonds. The van der Waals surface area contributed by atoms with Crippen molar-refractivity contribution in [1.29, 1.82) is 0 Å². The first kappa shape index (κ1) is 30.4. The molecule has 0 aliphatic heterocycles. The summed E-state index contributed by atoms with van der Waals surface area (Å²) >= 11 is 0. The van der Waals surface area contributed by atoms with Crippen LogP contribution in [0.15, 0.2) is 61.2 Å². The first-order valence-corrected chi connectivity index (χ1v) is 13.3. The van der Waals surface area contributed by atoms with Crippen LogP contribution in [0.5, 0.6) is 0 Å². The Morgan fingerprint density at radius 3 is 1.90 bits per heavy atom. The lowest BCUT2D eigenvalue weighted by atomic mass is 9.98. The first-order chi connectivity index (χ1) is 19.0. The van der Waals surface area contributed by atoms with Crippen LogP contribution in [-0.2, 0) is 23.9 Å². The van der Waals surface area contributed by atoms with Gasteiger partial charge in [0.05, 0.1) is 6.42 Å². The van der Waals surface area contributed by atoms with E-state index in [1.54, 1.807) is 14.1 Å². The molecule has 0 unspecified atom stereocenters. The van der Waals surface area contributed by atoms with Gasteiger partial charge in [-0.25, -0.2) is 4.79 Å². The van der Waals surface area contributed by atoms with Crippen LogP contribution in [0.4, 0.5) is 4.79 Å². The quantitative estimate of drug-likeness (QED) is 0.311. The maximum absolute atomic E-state index is 13.7. The van der Waals surface area contributed by atoms with Gasteiger partial charge in [0.25, 0.3) is 0 Å². The van der Waals surface area contributed by atoms with Crippen molar-refractivity contribution < 1.29 is 28.7 Å². The molecule has 0 fully saturated rings. The molecule has 0 aromatic heterocycles. The number of benzene rings is 2. The Balaban J connectivity index is 1.76. The lowest BCUT2D eigenvalue weighted by Crippen LogP contribution is -2.56. The summed E-state index contributed by atoms with van der Waals surface area (Å²) in [6, 6.07) is 14.1. The molecule has 1 aliphatic rings. The van der Waals surface area contributed by atoms with Crippen LogP contribution >= 0.6 is 0 Å². The number of nitrogens with zero attached hydrogens (tertiary/aromatic N) is 3. The summed E-state index contributed by atoms with van der Waals surface area (Å²) < 4.78 is 10.8. The maximum Gasteiger partial charge on any atom is 0.410 e. The highest BCUT2D eigenvalue weighted by molar-refractivity contribution is 5.93. The molecular weight excluding hydrogens is 510 g/mol. The highest BCUT2D eigenvalue weighted by Gasteiger charge is 2.39.